The van der Waals surface area contributed by atoms with Crippen LogP contribution >= 0.6 is 0 Å². The van der Waals surface area contributed by atoms with Crippen LogP contribution in [0.25, 0.3) is 0 Å². The highest BCUT2D eigenvalue weighted by Gasteiger charge is 2.40. The van der Waals surface area contributed by atoms with E-state index in [1.54, 1.807) is 5.56 Å². The molecular weight excluding hydrogens is 298 g/mol. The molecule has 2 aliphatic rings. The summed E-state index contributed by atoms with van der Waals surface area (Å²) in [7, 11) is -3.30. The first-order chi connectivity index (χ1) is 10.5. The number of hydrogen-bond donors (Lipinski definition) is 0. The lowest BCUT2D eigenvalue weighted by atomic mass is 9.74. The van der Waals surface area contributed by atoms with Crippen LogP contribution in [0.2, 0.25) is 0 Å². The lowest BCUT2D eigenvalue weighted by Gasteiger charge is -2.40. The third-order valence-corrected chi connectivity index (χ3v) is 5.79. The molecule has 1 spiro atoms. The van der Waals surface area contributed by atoms with Gasteiger partial charge in [0.25, 0.3) is 10.1 Å². The van der Waals surface area contributed by atoms with E-state index >= 15 is 0 Å². The van der Waals surface area contributed by atoms with Crippen molar-refractivity contribution in [1.29, 1.82) is 0 Å². The fourth-order valence-corrected chi connectivity index (χ4v) is 4.41. The summed E-state index contributed by atoms with van der Waals surface area (Å²) in [5.41, 5.74) is 3.52. The minimum Gasteiger partial charge on any atom is -0.303 e. The maximum Gasteiger partial charge on any atom is 0.264 e. The number of aryl methyl sites for hydroxylation is 1. The van der Waals surface area contributed by atoms with Gasteiger partial charge < -0.3 is 4.90 Å². The molecule has 1 heterocycles. The van der Waals surface area contributed by atoms with Crippen molar-refractivity contribution in [3.05, 3.63) is 35.4 Å². The lowest BCUT2D eigenvalue weighted by Crippen LogP contribution is -2.42. The summed E-state index contributed by atoms with van der Waals surface area (Å²) in [5.74, 6) is 0. The van der Waals surface area contributed by atoms with Crippen LogP contribution in [0.3, 0.4) is 0 Å². The van der Waals surface area contributed by atoms with Crippen LogP contribution < -0.4 is 0 Å². The van der Waals surface area contributed by atoms with Gasteiger partial charge in [-0.3, -0.25) is 4.18 Å². The largest absolute Gasteiger partial charge is 0.303 e. The zero-order valence-corrected chi connectivity index (χ0v) is 14.1. The zero-order chi connectivity index (χ0) is 15.6. The third kappa shape index (κ3) is 3.53. The maximum atomic E-state index is 10.9. The van der Waals surface area contributed by atoms with Crippen molar-refractivity contribution >= 4 is 10.1 Å². The molecule has 0 radical (unpaired) electrons. The zero-order valence-electron chi connectivity index (χ0n) is 13.3. The van der Waals surface area contributed by atoms with Crippen molar-refractivity contribution in [3.8, 4) is 0 Å². The molecule has 3 rings (SSSR count). The molecule has 0 amide bonds. The minimum atomic E-state index is -3.30. The van der Waals surface area contributed by atoms with Gasteiger partial charge in [-0.05, 0) is 61.7 Å². The molecule has 1 saturated heterocycles. The predicted octanol–water partition coefficient (Wildman–Crippen LogP) is 2.33. The second kappa shape index (κ2) is 6.30. The molecule has 1 aliphatic carbocycles. The number of benzene rings is 1. The molecule has 4 nitrogen and oxygen atoms in total. The van der Waals surface area contributed by atoms with E-state index in [1.807, 2.05) is 0 Å². The van der Waals surface area contributed by atoms with Gasteiger partial charge >= 0.3 is 0 Å². The second-order valence-electron chi connectivity index (χ2n) is 6.66. The monoisotopic (exact) mass is 323 g/mol. The first kappa shape index (κ1) is 16.0. The van der Waals surface area contributed by atoms with Crippen LogP contribution in [0.1, 0.15) is 36.8 Å². The number of likely N-dealkylation sites (tertiary alicyclic amines) is 1. The smallest absolute Gasteiger partial charge is 0.264 e. The molecule has 0 aromatic heterocycles. The van der Waals surface area contributed by atoms with Crippen molar-refractivity contribution < 1.29 is 12.6 Å². The van der Waals surface area contributed by atoms with Gasteiger partial charge in [0.05, 0.1) is 12.9 Å². The molecule has 0 saturated carbocycles. The quantitative estimate of drug-likeness (QED) is 0.616. The molecule has 22 heavy (non-hydrogen) atoms. The Morgan fingerprint density at radius 2 is 1.91 bits per heavy atom. The van der Waals surface area contributed by atoms with Crippen LogP contribution in [-0.4, -0.2) is 45.8 Å². The molecule has 1 aromatic carbocycles. The van der Waals surface area contributed by atoms with Crippen LogP contribution in [0, 0.1) is 0 Å². The van der Waals surface area contributed by atoms with Crippen molar-refractivity contribution in [2.75, 3.05) is 32.5 Å². The molecular formula is C17H25NO3S. The van der Waals surface area contributed by atoms with Crippen LogP contribution in [0.4, 0.5) is 0 Å². The van der Waals surface area contributed by atoms with E-state index < -0.39 is 10.1 Å². The number of rotatable bonds is 5. The van der Waals surface area contributed by atoms with Crippen molar-refractivity contribution in [1.82, 2.24) is 4.90 Å². The molecule has 0 unspecified atom stereocenters. The Kier molecular flexibility index (Phi) is 4.57. The van der Waals surface area contributed by atoms with E-state index in [9.17, 15) is 8.42 Å². The van der Waals surface area contributed by atoms with Crippen LogP contribution in [0.5, 0.6) is 0 Å². The summed E-state index contributed by atoms with van der Waals surface area (Å²) in [4.78, 5) is 2.44. The van der Waals surface area contributed by atoms with Crippen molar-refractivity contribution in [2.24, 2.45) is 0 Å². The summed E-state index contributed by atoms with van der Waals surface area (Å²) >= 11 is 0. The maximum absolute atomic E-state index is 10.9. The van der Waals surface area contributed by atoms with Gasteiger partial charge in [-0.2, -0.15) is 8.42 Å². The van der Waals surface area contributed by atoms with Gasteiger partial charge in [-0.25, -0.2) is 0 Å². The molecule has 5 heteroatoms. The first-order valence-electron chi connectivity index (χ1n) is 8.14. The van der Waals surface area contributed by atoms with Gasteiger partial charge in [-0.15, -0.1) is 0 Å². The van der Waals surface area contributed by atoms with E-state index in [1.165, 1.54) is 31.2 Å². The molecule has 1 aromatic rings. The van der Waals surface area contributed by atoms with E-state index in [2.05, 4.69) is 29.2 Å². The highest BCUT2D eigenvalue weighted by molar-refractivity contribution is 7.85. The molecule has 0 bridgehead atoms. The second-order valence-corrected chi connectivity index (χ2v) is 8.30. The van der Waals surface area contributed by atoms with Gasteiger partial charge in [-0.1, -0.05) is 24.3 Å². The molecule has 0 atom stereocenters. The summed E-state index contributed by atoms with van der Waals surface area (Å²) in [6, 6.07) is 8.91. The number of fused-ring (bicyclic) bond motifs is 2. The predicted molar refractivity (Wildman–Crippen MR) is 87.5 cm³/mol. The first-order valence-corrected chi connectivity index (χ1v) is 9.95. The van der Waals surface area contributed by atoms with Crippen molar-refractivity contribution in [2.45, 2.75) is 37.5 Å². The van der Waals surface area contributed by atoms with Gasteiger partial charge in [0.15, 0.2) is 0 Å². The molecule has 1 aliphatic heterocycles. The van der Waals surface area contributed by atoms with Gasteiger partial charge in [0.2, 0.25) is 0 Å². The molecule has 122 valence electrons. The van der Waals surface area contributed by atoms with E-state index in [4.69, 9.17) is 4.18 Å². The topological polar surface area (TPSA) is 46.6 Å². The molecule has 1 fully saturated rings. The summed E-state index contributed by atoms with van der Waals surface area (Å²) < 4.78 is 26.7. The third-order valence-electron chi connectivity index (χ3n) is 5.19. The number of hydrogen-bond acceptors (Lipinski definition) is 4. The molecule has 0 N–H and O–H groups in total. The fourth-order valence-electron chi connectivity index (χ4n) is 3.99. The average Bonchev–Trinajstić information content (AvgIpc) is 2.84. The fraction of sp³-hybridized carbons (Fsp3) is 0.647. The summed E-state index contributed by atoms with van der Waals surface area (Å²) in [6.07, 6.45) is 6.83. The SMILES string of the molecule is CS(=O)(=O)OCCCN1CCC2(CCc3ccccc32)CC1. The average molecular weight is 323 g/mol. The van der Waals surface area contributed by atoms with Crippen LogP contribution in [-0.2, 0) is 26.1 Å². The Bertz CT molecular complexity index is 619. The van der Waals surface area contributed by atoms with Gasteiger partial charge in [0, 0.05) is 6.54 Å². The summed E-state index contributed by atoms with van der Waals surface area (Å²) in [5, 5.41) is 0. The Labute approximate surface area is 133 Å². The normalized spacial score (nSPS) is 21.1. The highest BCUT2D eigenvalue weighted by atomic mass is 32.2. The van der Waals surface area contributed by atoms with Crippen molar-refractivity contribution in [3.63, 3.8) is 0 Å². The van der Waals surface area contributed by atoms with Crippen LogP contribution in [0.15, 0.2) is 24.3 Å². The van der Waals surface area contributed by atoms with E-state index in [0.29, 0.717) is 12.0 Å². The Morgan fingerprint density at radius 1 is 1.18 bits per heavy atom. The number of nitrogens with zero attached hydrogens (tertiary/aromatic N) is 1. The Hall–Kier alpha value is -0.910. The number of piperidine rings is 1. The summed E-state index contributed by atoms with van der Waals surface area (Å²) in [6.45, 7) is 3.43. The van der Waals surface area contributed by atoms with E-state index in [0.717, 1.165) is 32.3 Å². The highest BCUT2D eigenvalue weighted by Crippen LogP contribution is 2.45. The van der Waals surface area contributed by atoms with E-state index in [-0.39, 0.29) is 0 Å². The Morgan fingerprint density at radius 3 is 2.64 bits per heavy atom. The van der Waals surface area contributed by atoms with Gasteiger partial charge in [0.1, 0.15) is 0 Å². The lowest BCUT2D eigenvalue weighted by molar-refractivity contribution is 0.150. The standard InChI is InChI=1S/C17H25NO3S/c1-22(19,20)21-14-4-11-18-12-9-17(10-13-18)8-7-15-5-2-3-6-16(15)17/h2-3,5-6H,4,7-14H2,1H3. The Balaban J connectivity index is 1.49. The minimum absolute atomic E-state index is 0.295.